The smallest absolute Gasteiger partial charge is 0.276 e. The quantitative estimate of drug-likeness (QED) is 0.380. The minimum absolute atomic E-state index is 0.0745. The number of hydrogen-bond donors (Lipinski definition) is 1. The van der Waals surface area contributed by atoms with Gasteiger partial charge in [0.2, 0.25) is 0 Å². The van der Waals surface area contributed by atoms with Crippen LogP contribution in [-0.4, -0.2) is 26.2 Å². The second-order valence-electron chi connectivity index (χ2n) is 3.84. The molecule has 0 aromatic carbocycles. The second kappa shape index (κ2) is 6.14. The van der Waals surface area contributed by atoms with Gasteiger partial charge in [-0.2, -0.15) is 5.10 Å². The van der Waals surface area contributed by atoms with E-state index in [-0.39, 0.29) is 10.8 Å². The lowest BCUT2D eigenvalue weighted by atomic mass is 10.3. The summed E-state index contributed by atoms with van der Waals surface area (Å²) in [5.41, 5.74) is -0.0745. The average molecular weight is 282 g/mol. The highest BCUT2D eigenvalue weighted by molar-refractivity contribution is 6.29. The van der Waals surface area contributed by atoms with E-state index in [0.29, 0.717) is 12.4 Å². The number of rotatable bonds is 6. The fourth-order valence-electron chi connectivity index (χ4n) is 1.57. The highest BCUT2D eigenvalue weighted by Gasteiger charge is 2.09. The van der Waals surface area contributed by atoms with Crippen LogP contribution in [0.1, 0.15) is 6.42 Å². The second-order valence-corrected chi connectivity index (χ2v) is 4.23. The van der Waals surface area contributed by atoms with Crippen molar-refractivity contribution in [2.75, 3.05) is 11.9 Å². The van der Waals surface area contributed by atoms with Crippen molar-refractivity contribution in [2.24, 2.45) is 0 Å². The van der Waals surface area contributed by atoms with Crippen molar-refractivity contribution in [3.05, 3.63) is 45.9 Å². The highest BCUT2D eigenvalue weighted by Crippen LogP contribution is 2.20. The van der Waals surface area contributed by atoms with Crippen LogP contribution >= 0.6 is 11.6 Å². The van der Waals surface area contributed by atoms with Gasteiger partial charge in [0.25, 0.3) is 5.69 Å². The first-order valence-electron chi connectivity index (χ1n) is 5.68. The zero-order chi connectivity index (χ0) is 13.7. The monoisotopic (exact) mass is 281 g/mol. The van der Waals surface area contributed by atoms with E-state index in [2.05, 4.69) is 15.4 Å². The summed E-state index contributed by atoms with van der Waals surface area (Å²) in [7, 11) is 0. The van der Waals surface area contributed by atoms with Gasteiger partial charge in [-0.05, 0) is 12.5 Å². The average Bonchev–Trinajstić information content (AvgIpc) is 2.87. The van der Waals surface area contributed by atoms with Crippen molar-refractivity contribution in [1.29, 1.82) is 0 Å². The third-order valence-electron chi connectivity index (χ3n) is 2.42. The van der Waals surface area contributed by atoms with Crippen molar-refractivity contribution >= 4 is 23.1 Å². The summed E-state index contributed by atoms with van der Waals surface area (Å²) < 4.78 is 1.82. The van der Waals surface area contributed by atoms with Crippen molar-refractivity contribution in [3.63, 3.8) is 0 Å². The summed E-state index contributed by atoms with van der Waals surface area (Å²) in [5.74, 6) is 0.402. The summed E-state index contributed by atoms with van der Waals surface area (Å²) in [6, 6.07) is 4.44. The number of nitrogens with zero attached hydrogens (tertiary/aromatic N) is 4. The number of nitro groups is 1. The van der Waals surface area contributed by atoms with Gasteiger partial charge in [0.15, 0.2) is 0 Å². The molecule has 19 heavy (non-hydrogen) atoms. The molecule has 0 atom stereocenters. The van der Waals surface area contributed by atoms with Crippen LogP contribution in [0.5, 0.6) is 0 Å². The molecule has 100 valence electrons. The number of aromatic nitrogens is 3. The Kier molecular flexibility index (Phi) is 4.30. The Morgan fingerprint density at radius 2 is 2.32 bits per heavy atom. The number of pyridine rings is 1. The number of hydrogen-bond acceptors (Lipinski definition) is 5. The molecular weight excluding hydrogens is 270 g/mol. The predicted molar refractivity (Wildman–Crippen MR) is 71.2 cm³/mol. The summed E-state index contributed by atoms with van der Waals surface area (Å²) in [4.78, 5) is 14.2. The van der Waals surface area contributed by atoms with Crippen molar-refractivity contribution < 1.29 is 4.92 Å². The van der Waals surface area contributed by atoms with Crippen molar-refractivity contribution in [2.45, 2.75) is 13.0 Å². The Balaban J connectivity index is 1.87. The molecule has 8 heteroatoms. The maximum atomic E-state index is 10.7. The molecule has 2 heterocycles. The van der Waals surface area contributed by atoms with Crippen LogP contribution in [0.4, 0.5) is 11.5 Å². The van der Waals surface area contributed by atoms with Crippen LogP contribution < -0.4 is 5.32 Å². The lowest BCUT2D eigenvalue weighted by molar-refractivity contribution is -0.384. The molecule has 0 aliphatic carbocycles. The van der Waals surface area contributed by atoms with Gasteiger partial charge >= 0.3 is 0 Å². The molecule has 0 radical (unpaired) electrons. The fraction of sp³-hybridized carbons (Fsp3) is 0.273. The van der Waals surface area contributed by atoms with Crippen molar-refractivity contribution in [3.8, 4) is 0 Å². The molecule has 1 N–H and O–H groups in total. The molecule has 0 aliphatic rings. The van der Waals surface area contributed by atoms with Gasteiger partial charge < -0.3 is 5.32 Å². The molecule has 2 rings (SSSR count). The SMILES string of the molecule is O=[N+]([O-])c1cc(Cl)nc(NCCCn2cccn2)c1. The predicted octanol–water partition coefficient (Wildman–Crippen LogP) is 2.34. The molecule has 0 amide bonds. The first-order valence-corrected chi connectivity index (χ1v) is 6.06. The molecule has 0 spiro atoms. The van der Waals surface area contributed by atoms with Crippen LogP contribution in [0.3, 0.4) is 0 Å². The molecule has 0 unspecified atom stereocenters. The van der Waals surface area contributed by atoms with E-state index in [1.54, 1.807) is 6.20 Å². The van der Waals surface area contributed by atoms with Gasteiger partial charge in [0.1, 0.15) is 11.0 Å². The standard InChI is InChI=1S/C11H12ClN5O2/c12-10-7-9(17(18)19)8-11(15-10)13-3-1-5-16-6-2-4-14-16/h2,4,6-8H,1,3,5H2,(H,13,15). The van der Waals surface area contributed by atoms with E-state index in [1.165, 1.54) is 12.1 Å². The van der Waals surface area contributed by atoms with Crippen LogP contribution in [0.2, 0.25) is 5.15 Å². The number of nitrogens with one attached hydrogen (secondary N) is 1. The number of halogens is 1. The first kappa shape index (κ1) is 13.3. The van der Waals surface area contributed by atoms with E-state index in [0.717, 1.165) is 13.0 Å². The summed E-state index contributed by atoms with van der Waals surface area (Å²) >= 11 is 5.72. The zero-order valence-electron chi connectivity index (χ0n) is 9.99. The highest BCUT2D eigenvalue weighted by atomic mass is 35.5. The van der Waals surface area contributed by atoms with E-state index >= 15 is 0 Å². The Labute approximate surface area is 114 Å². The first-order chi connectivity index (χ1) is 9.15. The van der Waals surface area contributed by atoms with Crippen LogP contribution in [-0.2, 0) is 6.54 Å². The van der Waals surface area contributed by atoms with E-state index in [1.807, 2.05) is 16.9 Å². The Hall–Kier alpha value is -2.15. The van der Waals surface area contributed by atoms with Gasteiger partial charge in [-0.1, -0.05) is 11.6 Å². The summed E-state index contributed by atoms with van der Waals surface area (Å²) in [6.45, 7) is 1.40. The molecule has 0 saturated heterocycles. The number of aryl methyl sites for hydroxylation is 1. The Bertz CT molecular complexity index is 558. The normalized spacial score (nSPS) is 10.4. The van der Waals surface area contributed by atoms with E-state index in [9.17, 15) is 10.1 Å². The number of anilines is 1. The van der Waals surface area contributed by atoms with Crippen LogP contribution in [0.25, 0.3) is 0 Å². The molecule has 2 aromatic heterocycles. The minimum Gasteiger partial charge on any atom is -0.370 e. The van der Waals surface area contributed by atoms with E-state index in [4.69, 9.17) is 11.6 Å². The van der Waals surface area contributed by atoms with Gasteiger partial charge in [-0.15, -0.1) is 0 Å². The molecule has 0 aliphatic heterocycles. The van der Waals surface area contributed by atoms with Gasteiger partial charge in [-0.25, -0.2) is 4.98 Å². The Morgan fingerprint density at radius 1 is 1.47 bits per heavy atom. The lowest BCUT2D eigenvalue weighted by Crippen LogP contribution is -2.08. The maximum absolute atomic E-state index is 10.7. The molecule has 0 fully saturated rings. The molecule has 2 aromatic rings. The zero-order valence-corrected chi connectivity index (χ0v) is 10.7. The van der Waals surface area contributed by atoms with Crippen molar-refractivity contribution in [1.82, 2.24) is 14.8 Å². The molecule has 0 bridgehead atoms. The minimum atomic E-state index is -0.498. The lowest BCUT2D eigenvalue weighted by Gasteiger charge is -2.06. The summed E-state index contributed by atoms with van der Waals surface area (Å²) in [5, 5.41) is 17.8. The molecule has 0 saturated carbocycles. The maximum Gasteiger partial charge on any atom is 0.276 e. The van der Waals surface area contributed by atoms with Gasteiger partial charge in [0.05, 0.1) is 17.1 Å². The largest absolute Gasteiger partial charge is 0.370 e. The third kappa shape index (κ3) is 3.92. The third-order valence-corrected chi connectivity index (χ3v) is 2.61. The van der Waals surface area contributed by atoms with E-state index < -0.39 is 4.92 Å². The summed E-state index contributed by atoms with van der Waals surface area (Å²) in [6.07, 6.45) is 4.42. The van der Waals surface area contributed by atoms with Crippen LogP contribution in [0.15, 0.2) is 30.6 Å². The Morgan fingerprint density at radius 3 is 3.00 bits per heavy atom. The molecular formula is C11H12ClN5O2. The fourth-order valence-corrected chi connectivity index (χ4v) is 1.77. The van der Waals surface area contributed by atoms with Gasteiger partial charge in [-0.3, -0.25) is 14.8 Å². The van der Waals surface area contributed by atoms with Gasteiger partial charge in [0, 0.05) is 25.5 Å². The van der Waals surface area contributed by atoms with Crippen LogP contribution in [0, 0.1) is 10.1 Å². The topological polar surface area (TPSA) is 85.9 Å². The molecule has 7 nitrogen and oxygen atoms in total.